The second-order valence-electron chi connectivity index (χ2n) is 9.93. The van der Waals surface area contributed by atoms with E-state index in [1.807, 2.05) is 43.5 Å². The van der Waals surface area contributed by atoms with E-state index in [2.05, 4.69) is 34.1 Å². The molecule has 1 aliphatic rings. The molecule has 0 spiro atoms. The molecule has 0 radical (unpaired) electrons. The van der Waals surface area contributed by atoms with Crippen LogP contribution in [-0.4, -0.2) is 75.2 Å². The highest BCUT2D eigenvalue weighted by molar-refractivity contribution is 5.85. The lowest BCUT2D eigenvalue weighted by Gasteiger charge is -2.37. The molecule has 206 valence electrons. The van der Waals surface area contributed by atoms with Gasteiger partial charge in [0.15, 0.2) is 0 Å². The molecule has 0 unspecified atom stereocenters. The maximum atomic E-state index is 10.1. The van der Waals surface area contributed by atoms with Gasteiger partial charge in [0.05, 0.1) is 29.1 Å². The Morgan fingerprint density at radius 3 is 2.49 bits per heavy atom. The molecule has 3 aromatic rings. The summed E-state index contributed by atoms with van der Waals surface area (Å²) >= 11 is 0. The number of piperazine rings is 1. The fraction of sp³-hybridized carbons (Fsp3) is 0.367. The molecule has 39 heavy (non-hydrogen) atoms. The first kappa shape index (κ1) is 29.4. The molecule has 0 aromatic carbocycles. The molecule has 1 aliphatic heterocycles. The lowest BCUT2D eigenvalue weighted by atomic mass is 10.1. The number of aliphatic hydroxyl groups is 2. The number of nitriles is 1. The molecule has 4 heterocycles. The molecule has 1 saturated heterocycles. The van der Waals surface area contributed by atoms with Crippen molar-refractivity contribution in [3.8, 4) is 22.9 Å². The molecular formula is C30H38N6O3. The Hall–Kier alpha value is -4.13. The normalized spacial score (nSPS) is 13.7. The second kappa shape index (κ2) is 13.1. The van der Waals surface area contributed by atoms with Gasteiger partial charge in [-0.15, -0.1) is 0 Å². The van der Waals surface area contributed by atoms with Crippen LogP contribution >= 0.6 is 0 Å². The molecule has 1 fully saturated rings. The van der Waals surface area contributed by atoms with Crippen molar-refractivity contribution in [2.75, 3.05) is 44.8 Å². The van der Waals surface area contributed by atoms with Crippen molar-refractivity contribution in [2.24, 2.45) is 0 Å². The van der Waals surface area contributed by atoms with Crippen molar-refractivity contribution in [1.29, 1.82) is 5.26 Å². The number of fused-ring (bicyclic) bond motifs is 1. The van der Waals surface area contributed by atoms with Crippen LogP contribution < -0.4 is 9.64 Å². The average Bonchev–Trinajstić information content (AvgIpc) is 3.36. The number of ether oxygens (including phenoxy) is 1. The van der Waals surface area contributed by atoms with E-state index in [0.29, 0.717) is 16.8 Å². The van der Waals surface area contributed by atoms with Gasteiger partial charge in [-0.1, -0.05) is 25.3 Å². The summed E-state index contributed by atoms with van der Waals surface area (Å²) in [7, 11) is 1.00. The summed E-state index contributed by atoms with van der Waals surface area (Å²) in [6, 6.07) is 8.11. The molecule has 0 amide bonds. The standard InChI is InChI=1S/C29H34N6O2.CH4O/c1-6-7-21(2)14-22(3)33-10-12-34(13-11-33)27-9-8-23(17-31-27)26-15-25(37-20-29(4,5)36)19-35-28(26)24(16-30)18-32-35;1-2/h6-9,15,17-19,36H,2-3,10-14,20H2,1,4-5H3;2H,1H3/b7-6-;. The van der Waals surface area contributed by atoms with Gasteiger partial charge >= 0.3 is 0 Å². The first-order chi connectivity index (χ1) is 18.7. The average molecular weight is 531 g/mol. The first-order valence-electron chi connectivity index (χ1n) is 12.8. The third-order valence-electron chi connectivity index (χ3n) is 6.24. The van der Waals surface area contributed by atoms with Gasteiger partial charge in [0.2, 0.25) is 0 Å². The SMILES string of the molecule is C=C(/C=C\C)CC(=C)N1CCN(c2ccc(-c3cc(OCC(C)(C)O)cn4ncc(C#N)c34)cn2)CC1.CO. The number of aromatic nitrogens is 3. The largest absolute Gasteiger partial charge is 0.489 e. The Kier molecular flexibility index (Phi) is 9.88. The van der Waals surface area contributed by atoms with Crippen LogP contribution in [0.3, 0.4) is 0 Å². The maximum absolute atomic E-state index is 10.1. The van der Waals surface area contributed by atoms with Crippen LogP contribution in [0.2, 0.25) is 0 Å². The predicted octanol–water partition coefficient (Wildman–Crippen LogP) is 4.18. The van der Waals surface area contributed by atoms with E-state index >= 15 is 0 Å². The Morgan fingerprint density at radius 1 is 1.18 bits per heavy atom. The number of nitrogens with zero attached hydrogens (tertiary/aromatic N) is 6. The zero-order chi connectivity index (χ0) is 28.6. The smallest absolute Gasteiger partial charge is 0.138 e. The van der Waals surface area contributed by atoms with E-state index in [0.717, 1.165) is 67.9 Å². The Morgan fingerprint density at radius 2 is 1.90 bits per heavy atom. The van der Waals surface area contributed by atoms with E-state index < -0.39 is 5.60 Å². The van der Waals surface area contributed by atoms with Crippen LogP contribution in [-0.2, 0) is 0 Å². The van der Waals surface area contributed by atoms with E-state index in [1.165, 1.54) is 0 Å². The molecule has 9 heteroatoms. The minimum atomic E-state index is -0.975. The highest BCUT2D eigenvalue weighted by Crippen LogP contribution is 2.32. The minimum absolute atomic E-state index is 0.128. The van der Waals surface area contributed by atoms with Gasteiger partial charge in [0.25, 0.3) is 0 Å². The van der Waals surface area contributed by atoms with Crippen molar-refractivity contribution < 1.29 is 14.9 Å². The summed E-state index contributed by atoms with van der Waals surface area (Å²) in [5.74, 6) is 1.46. The van der Waals surface area contributed by atoms with Crippen LogP contribution in [0.1, 0.15) is 32.8 Å². The summed E-state index contributed by atoms with van der Waals surface area (Å²) in [5.41, 5.74) is 4.00. The lowest BCUT2D eigenvalue weighted by Crippen LogP contribution is -2.46. The third-order valence-corrected chi connectivity index (χ3v) is 6.24. The van der Waals surface area contributed by atoms with Crippen LogP contribution in [0, 0.1) is 11.3 Å². The number of aliphatic hydroxyl groups excluding tert-OH is 1. The fourth-order valence-electron chi connectivity index (χ4n) is 4.39. The van der Waals surface area contributed by atoms with E-state index in [-0.39, 0.29) is 6.61 Å². The zero-order valence-corrected chi connectivity index (χ0v) is 23.3. The monoisotopic (exact) mass is 530 g/mol. The summed E-state index contributed by atoms with van der Waals surface area (Å²) in [5, 5.41) is 31.0. The summed E-state index contributed by atoms with van der Waals surface area (Å²) in [6.07, 6.45) is 9.89. The minimum Gasteiger partial charge on any atom is -0.489 e. The molecule has 2 N–H and O–H groups in total. The van der Waals surface area contributed by atoms with Crippen molar-refractivity contribution in [2.45, 2.75) is 32.8 Å². The number of hydrogen-bond donors (Lipinski definition) is 2. The topological polar surface area (TPSA) is 110 Å². The van der Waals surface area contributed by atoms with Crippen molar-refractivity contribution >= 4 is 11.3 Å². The Balaban J connectivity index is 0.00000205. The van der Waals surface area contributed by atoms with Crippen molar-refractivity contribution in [3.63, 3.8) is 0 Å². The molecule has 0 bridgehead atoms. The molecule has 3 aromatic heterocycles. The van der Waals surface area contributed by atoms with Crippen LogP contribution in [0.25, 0.3) is 16.6 Å². The lowest BCUT2D eigenvalue weighted by molar-refractivity contribution is 0.0283. The number of allylic oxidation sites excluding steroid dienone is 3. The summed E-state index contributed by atoms with van der Waals surface area (Å²) in [4.78, 5) is 9.34. The van der Waals surface area contributed by atoms with Gasteiger partial charge in [-0.25, -0.2) is 9.50 Å². The van der Waals surface area contributed by atoms with Crippen LogP contribution in [0.5, 0.6) is 5.75 Å². The number of pyridine rings is 2. The van der Waals surface area contributed by atoms with Crippen molar-refractivity contribution in [3.05, 3.63) is 78.9 Å². The van der Waals surface area contributed by atoms with E-state index in [4.69, 9.17) is 14.8 Å². The van der Waals surface area contributed by atoms with Crippen LogP contribution in [0.4, 0.5) is 5.82 Å². The van der Waals surface area contributed by atoms with Gasteiger partial charge < -0.3 is 24.7 Å². The number of anilines is 1. The van der Waals surface area contributed by atoms with Gasteiger partial charge in [-0.3, -0.25) is 0 Å². The molecule has 0 aliphatic carbocycles. The van der Waals surface area contributed by atoms with E-state index in [9.17, 15) is 10.4 Å². The number of hydrogen-bond acceptors (Lipinski definition) is 8. The van der Waals surface area contributed by atoms with Gasteiger partial charge in [0, 0.05) is 62.7 Å². The molecule has 4 rings (SSSR count). The third kappa shape index (κ3) is 7.47. The second-order valence-corrected chi connectivity index (χ2v) is 9.93. The first-order valence-corrected chi connectivity index (χ1v) is 12.8. The molecule has 0 saturated carbocycles. The maximum Gasteiger partial charge on any atom is 0.138 e. The summed E-state index contributed by atoms with van der Waals surface area (Å²) in [6.45, 7) is 17.3. The molecular weight excluding hydrogens is 492 g/mol. The Bertz CT molecular complexity index is 1350. The van der Waals surface area contributed by atoms with E-state index in [1.54, 1.807) is 30.8 Å². The molecule has 9 nitrogen and oxygen atoms in total. The van der Waals surface area contributed by atoms with Crippen molar-refractivity contribution in [1.82, 2.24) is 19.5 Å². The molecule has 0 atom stereocenters. The fourth-order valence-corrected chi connectivity index (χ4v) is 4.39. The highest BCUT2D eigenvalue weighted by atomic mass is 16.5. The van der Waals surface area contributed by atoms with Gasteiger partial charge in [-0.2, -0.15) is 10.4 Å². The Labute approximate surface area is 230 Å². The predicted molar refractivity (Wildman–Crippen MR) is 155 cm³/mol. The number of rotatable bonds is 9. The van der Waals surface area contributed by atoms with Crippen LogP contribution in [0.15, 0.2) is 73.4 Å². The summed E-state index contributed by atoms with van der Waals surface area (Å²) < 4.78 is 7.46. The van der Waals surface area contributed by atoms with Gasteiger partial charge in [-0.05, 0) is 44.5 Å². The quantitative estimate of drug-likeness (QED) is 0.397. The van der Waals surface area contributed by atoms with Gasteiger partial charge in [0.1, 0.15) is 24.2 Å². The highest BCUT2D eigenvalue weighted by Gasteiger charge is 2.20. The zero-order valence-electron chi connectivity index (χ0n) is 23.3.